The first-order valence-electron chi connectivity index (χ1n) is 11.7. The summed E-state index contributed by atoms with van der Waals surface area (Å²) in [6, 6.07) is 23.5. The van der Waals surface area contributed by atoms with Gasteiger partial charge in [0.25, 0.3) is 0 Å². The summed E-state index contributed by atoms with van der Waals surface area (Å²) in [7, 11) is 0. The molecule has 0 N–H and O–H groups in total. The fraction of sp³-hybridized carbons (Fsp3) is 0.379. The molecule has 4 bridgehead atoms. The Morgan fingerprint density at radius 3 is 2.17 bits per heavy atom. The SMILES string of the molecule is Cc1ccc2sc3cccc(-c4ccc(C56CC7CC(CC(C7)C5)C6)cc4)c3c2c1. The summed E-state index contributed by atoms with van der Waals surface area (Å²) < 4.78 is 2.80. The second-order valence-electron chi connectivity index (χ2n) is 10.6. The largest absolute Gasteiger partial charge is 0.135 e. The molecule has 4 saturated carbocycles. The van der Waals surface area contributed by atoms with Crippen molar-refractivity contribution < 1.29 is 0 Å². The number of rotatable bonds is 2. The minimum atomic E-state index is 0.492. The van der Waals surface area contributed by atoms with E-state index in [9.17, 15) is 0 Å². The number of aryl methyl sites for hydroxylation is 1. The van der Waals surface area contributed by atoms with E-state index in [1.165, 1.54) is 75.4 Å². The molecular weight excluding hydrogens is 380 g/mol. The lowest BCUT2D eigenvalue weighted by Crippen LogP contribution is -2.48. The Hall–Kier alpha value is -2.12. The summed E-state index contributed by atoms with van der Waals surface area (Å²) in [6.07, 6.45) is 8.89. The zero-order valence-electron chi connectivity index (χ0n) is 17.7. The van der Waals surface area contributed by atoms with Crippen LogP contribution in [-0.2, 0) is 5.41 Å². The Morgan fingerprint density at radius 1 is 0.767 bits per heavy atom. The van der Waals surface area contributed by atoms with Crippen LogP contribution in [0.25, 0.3) is 31.3 Å². The van der Waals surface area contributed by atoms with Gasteiger partial charge in [-0.15, -0.1) is 11.3 Å². The second-order valence-corrected chi connectivity index (χ2v) is 11.6. The average Bonchev–Trinajstić information content (AvgIpc) is 3.11. The highest BCUT2D eigenvalue weighted by atomic mass is 32.1. The highest BCUT2D eigenvalue weighted by Gasteiger charge is 2.51. The van der Waals surface area contributed by atoms with E-state index in [2.05, 4.69) is 67.6 Å². The molecule has 0 unspecified atom stereocenters. The van der Waals surface area contributed by atoms with Crippen LogP contribution in [0.4, 0.5) is 0 Å². The van der Waals surface area contributed by atoms with Gasteiger partial charge in [0.05, 0.1) is 0 Å². The minimum Gasteiger partial charge on any atom is -0.135 e. The molecule has 1 heteroatoms. The molecular formula is C29H28S. The van der Waals surface area contributed by atoms with Gasteiger partial charge in [-0.3, -0.25) is 0 Å². The summed E-state index contributed by atoms with van der Waals surface area (Å²) in [5, 5.41) is 2.85. The van der Waals surface area contributed by atoms with Crippen molar-refractivity contribution in [3.05, 3.63) is 71.8 Å². The lowest BCUT2D eigenvalue weighted by molar-refractivity contribution is -0.00518. The third kappa shape index (κ3) is 2.51. The fourth-order valence-corrected chi connectivity index (χ4v) is 8.76. The van der Waals surface area contributed by atoms with Crippen molar-refractivity contribution in [1.29, 1.82) is 0 Å². The number of hydrogen-bond donors (Lipinski definition) is 0. The second kappa shape index (κ2) is 6.20. The first-order valence-corrected chi connectivity index (χ1v) is 12.5. The van der Waals surface area contributed by atoms with Crippen LogP contribution in [0.2, 0.25) is 0 Å². The molecule has 4 aromatic rings. The van der Waals surface area contributed by atoms with E-state index in [-0.39, 0.29) is 0 Å². The highest BCUT2D eigenvalue weighted by molar-refractivity contribution is 7.25. The number of benzene rings is 3. The van der Waals surface area contributed by atoms with E-state index < -0.39 is 0 Å². The van der Waals surface area contributed by atoms with E-state index in [1.54, 1.807) is 5.56 Å². The smallest absolute Gasteiger partial charge is 0.0361 e. The van der Waals surface area contributed by atoms with Gasteiger partial charge >= 0.3 is 0 Å². The third-order valence-electron chi connectivity index (χ3n) is 8.50. The molecule has 30 heavy (non-hydrogen) atoms. The molecule has 1 aromatic heterocycles. The summed E-state index contributed by atoms with van der Waals surface area (Å²) >= 11 is 1.92. The van der Waals surface area contributed by atoms with Crippen LogP contribution in [0, 0.1) is 24.7 Å². The van der Waals surface area contributed by atoms with Crippen LogP contribution in [0.1, 0.15) is 49.7 Å². The van der Waals surface area contributed by atoms with Gasteiger partial charge in [0.15, 0.2) is 0 Å². The predicted molar refractivity (Wildman–Crippen MR) is 129 cm³/mol. The van der Waals surface area contributed by atoms with Crippen molar-refractivity contribution in [2.75, 3.05) is 0 Å². The Balaban J connectivity index is 1.33. The van der Waals surface area contributed by atoms with Crippen molar-refractivity contribution in [1.82, 2.24) is 0 Å². The Labute approximate surface area is 182 Å². The lowest BCUT2D eigenvalue weighted by atomic mass is 9.48. The molecule has 0 amide bonds. The topological polar surface area (TPSA) is 0 Å². The fourth-order valence-electron chi connectivity index (χ4n) is 7.65. The molecule has 0 saturated heterocycles. The van der Waals surface area contributed by atoms with Crippen molar-refractivity contribution in [2.24, 2.45) is 17.8 Å². The molecule has 0 nitrogen and oxygen atoms in total. The van der Waals surface area contributed by atoms with Crippen LogP contribution in [0.15, 0.2) is 60.7 Å². The number of thiophene rings is 1. The van der Waals surface area contributed by atoms with E-state index in [1.807, 2.05) is 11.3 Å². The molecule has 0 spiro atoms. The quantitative estimate of drug-likeness (QED) is 0.312. The van der Waals surface area contributed by atoms with Gasteiger partial charge in [-0.1, -0.05) is 48.0 Å². The molecule has 1 heterocycles. The van der Waals surface area contributed by atoms with Gasteiger partial charge in [-0.2, -0.15) is 0 Å². The Kier molecular flexibility index (Phi) is 3.63. The predicted octanol–water partition coefficient (Wildman–Crippen LogP) is 8.50. The van der Waals surface area contributed by atoms with E-state index >= 15 is 0 Å². The molecule has 8 rings (SSSR count). The summed E-state index contributed by atoms with van der Waals surface area (Å²) in [4.78, 5) is 0. The molecule has 4 fully saturated rings. The number of hydrogen-bond acceptors (Lipinski definition) is 1. The normalized spacial score (nSPS) is 29.8. The maximum absolute atomic E-state index is 2.49. The van der Waals surface area contributed by atoms with Crippen LogP contribution in [0.3, 0.4) is 0 Å². The van der Waals surface area contributed by atoms with E-state index in [0.29, 0.717) is 5.41 Å². The minimum absolute atomic E-state index is 0.492. The van der Waals surface area contributed by atoms with Gasteiger partial charge in [-0.25, -0.2) is 0 Å². The first-order chi connectivity index (χ1) is 14.7. The zero-order valence-corrected chi connectivity index (χ0v) is 18.5. The summed E-state index contributed by atoms with van der Waals surface area (Å²) in [5.74, 6) is 3.01. The molecule has 4 aliphatic carbocycles. The first kappa shape index (κ1) is 17.5. The molecule has 150 valence electrons. The Morgan fingerprint density at radius 2 is 1.47 bits per heavy atom. The Bertz CT molecular complexity index is 1240. The van der Waals surface area contributed by atoms with Crippen molar-refractivity contribution >= 4 is 31.5 Å². The zero-order chi connectivity index (χ0) is 19.9. The van der Waals surface area contributed by atoms with Gasteiger partial charge in [0.2, 0.25) is 0 Å². The lowest BCUT2D eigenvalue weighted by Gasteiger charge is -2.57. The van der Waals surface area contributed by atoms with E-state index in [0.717, 1.165) is 17.8 Å². The van der Waals surface area contributed by atoms with Gasteiger partial charge in [0, 0.05) is 20.2 Å². The summed E-state index contributed by atoms with van der Waals surface area (Å²) in [5.41, 5.74) is 6.22. The van der Waals surface area contributed by atoms with Crippen LogP contribution in [-0.4, -0.2) is 0 Å². The summed E-state index contributed by atoms with van der Waals surface area (Å²) in [6.45, 7) is 2.20. The van der Waals surface area contributed by atoms with Crippen molar-refractivity contribution in [3.8, 4) is 11.1 Å². The van der Waals surface area contributed by atoms with Crippen molar-refractivity contribution in [2.45, 2.75) is 50.9 Å². The highest BCUT2D eigenvalue weighted by Crippen LogP contribution is 2.60. The molecule has 0 atom stereocenters. The van der Waals surface area contributed by atoms with Crippen LogP contribution < -0.4 is 0 Å². The standard InChI is InChI=1S/C29H28S/c1-18-5-10-26-25(11-18)28-24(3-2-4-27(28)30-26)22-6-8-23(9-7-22)29-15-19-12-20(16-29)14-21(13-19)17-29/h2-11,19-21H,12-17H2,1H3. The number of fused-ring (bicyclic) bond motifs is 3. The molecule has 4 aliphatic rings. The van der Waals surface area contributed by atoms with Gasteiger partial charge in [0.1, 0.15) is 0 Å². The average molecular weight is 409 g/mol. The van der Waals surface area contributed by atoms with Gasteiger partial charge in [-0.05, 0) is 104 Å². The van der Waals surface area contributed by atoms with Crippen molar-refractivity contribution in [3.63, 3.8) is 0 Å². The van der Waals surface area contributed by atoms with Gasteiger partial charge < -0.3 is 0 Å². The maximum Gasteiger partial charge on any atom is 0.0361 e. The molecule has 0 aliphatic heterocycles. The third-order valence-corrected chi connectivity index (χ3v) is 9.63. The van der Waals surface area contributed by atoms with Crippen LogP contribution >= 0.6 is 11.3 Å². The maximum atomic E-state index is 2.49. The van der Waals surface area contributed by atoms with E-state index in [4.69, 9.17) is 0 Å². The molecule has 3 aromatic carbocycles. The monoisotopic (exact) mass is 408 g/mol. The molecule has 0 radical (unpaired) electrons. The van der Waals surface area contributed by atoms with Crippen LogP contribution in [0.5, 0.6) is 0 Å².